The Kier molecular flexibility index (Phi) is 4.89. The van der Waals surface area contributed by atoms with E-state index in [1.165, 1.54) is 44.5 Å². The molecule has 0 unspecified atom stereocenters. The normalized spacial score (nSPS) is 14.1. The molecule has 1 aliphatic rings. The lowest BCUT2D eigenvalue weighted by Crippen LogP contribution is -1.91. The van der Waals surface area contributed by atoms with Gasteiger partial charge < -0.3 is 0 Å². The number of fused-ring (bicyclic) bond motifs is 1. The van der Waals surface area contributed by atoms with Crippen LogP contribution in [-0.4, -0.2) is 0 Å². The summed E-state index contributed by atoms with van der Waals surface area (Å²) in [6, 6.07) is 28.0. The molecule has 132 valence electrons. The number of benzene rings is 3. The zero-order chi connectivity index (χ0) is 18.6. The maximum Gasteiger partial charge on any atom is -0.00579 e. The van der Waals surface area contributed by atoms with Gasteiger partial charge in [0, 0.05) is 0 Å². The van der Waals surface area contributed by atoms with Crippen molar-refractivity contribution in [2.24, 2.45) is 0 Å². The lowest BCUT2D eigenvalue weighted by Gasteiger charge is -2.11. The van der Waals surface area contributed by atoms with Crippen molar-refractivity contribution in [3.8, 4) is 0 Å². The molecule has 0 amide bonds. The highest BCUT2D eigenvalue weighted by atomic mass is 14.2. The van der Waals surface area contributed by atoms with E-state index < -0.39 is 0 Å². The second-order valence-electron chi connectivity index (χ2n) is 7.17. The third-order valence-corrected chi connectivity index (χ3v) is 5.36. The van der Waals surface area contributed by atoms with Gasteiger partial charge in [-0.3, -0.25) is 0 Å². The van der Waals surface area contributed by atoms with Crippen LogP contribution in [0.4, 0.5) is 0 Å². The first-order valence-corrected chi connectivity index (χ1v) is 9.51. The standard InChI is InChI=1S/C27H24/c1-20-18-24-16-17-25(19-27(24)21(20)2)26(23-13-7-4-8-14-23)15-9-12-22-10-5-3-6-11-22/h3-17,19H,18H2,1-2H3. The van der Waals surface area contributed by atoms with E-state index in [9.17, 15) is 0 Å². The van der Waals surface area contributed by atoms with Gasteiger partial charge in [-0.15, -0.1) is 0 Å². The molecule has 4 rings (SSSR count). The first-order chi connectivity index (χ1) is 13.2. The monoisotopic (exact) mass is 348 g/mol. The molecule has 0 radical (unpaired) electrons. The van der Waals surface area contributed by atoms with Crippen molar-refractivity contribution in [1.82, 2.24) is 0 Å². The first kappa shape index (κ1) is 17.3. The zero-order valence-corrected chi connectivity index (χ0v) is 15.9. The lowest BCUT2D eigenvalue weighted by atomic mass is 9.93. The Morgan fingerprint density at radius 3 is 2.22 bits per heavy atom. The molecule has 27 heavy (non-hydrogen) atoms. The molecule has 0 aliphatic heterocycles. The highest BCUT2D eigenvalue weighted by Gasteiger charge is 2.16. The maximum atomic E-state index is 2.36. The summed E-state index contributed by atoms with van der Waals surface area (Å²) >= 11 is 0. The van der Waals surface area contributed by atoms with Crippen LogP contribution in [0.25, 0.3) is 17.2 Å². The van der Waals surface area contributed by atoms with Gasteiger partial charge in [0.05, 0.1) is 0 Å². The predicted octanol–water partition coefficient (Wildman–Crippen LogP) is 7.18. The Bertz CT molecular complexity index is 1030. The minimum absolute atomic E-state index is 1.08. The maximum absolute atomic E-state index is 2.36. The van der Waals surface area contributed by atoms with Crippen LogP contribution in [0.15, 0.2) is 96.6 Å². The van der Waals surface area contributed by atoms with Crippen LogP contribution in [-0.2, 0) is 6.42 Å². The van der Waals surface area contributed by atoms with Crippen molar-refractivity contribution < 1.29 is 0 Å². The fourth-order valence-electron chi connectivity index (χ4n) is 3.69. The van der Waals surface area contributed by atoms with Gasteiger partial charge in [0.15, 0.2) is 0 Å². The fraction of sp³-hybridized carbons (Fsp3) is 0.111. The molecule has 3 aromatic rings. The third kappa shape index (κ3) is 3.71. The molecule has 3 aromatic carbocycles. The largest absolute Gasteiger partial charge is 0.0654 e. The van der Waals surface area contributed by atoms with Crippen molar-refractivity contribution in [3.05, 3.63) is 124 Å². The van der Waals surface area contributed by atoms with E-state index >= 15 is 0 Å². The molecule has 0 saturated carbocycles. The molecule has 0 spiro atoms. The molecular weight excluding hydrogens is 324 g/mol. The zero-order valence-electron chi connectivity index (χ0n) is 15.9. The van der Waals surface area contributed by atoms with Crippen molar-refractivity contribution in [1.29, 1.82) is 0 Å². The molecular formula is C27H24. The minimum Gasteiger partial charge on any atom is -0.0654 e. The summed E-state index contributed by atoms with van der Waals surface area (Å²) in [7, 11) is 0. The summed E-state index contributed by atoms with van der Waals surface area (Å²) in [6.45, 7) is 4.48. The molecule has 0 heteroatoms. The Labute approximate surface area is 162 Å². The first-order valence-electron chi connectivity index (χ1n) is 9.51. The fourth-order valence-corrected chi connectivity index (χ4v) is 3.69. The predicted molar refractivity (Wildman–Crippen MR) is 117 cm³/mol. The van der Waals surface area contributed by atoms with Gasteiger partial charge in [-0.05, 0) is 65.3 Å². The van der Waals surface area contributed by atoms with Crippen LogP contribution in [0.3, 0.4) is 0 Å². The highest BCUT2D eigenvalue weighted by molar-refractivity contribution is 5.85. The van der Waals surface area contributed by atoms with Crippen molar-refractivity contribution in [2.45, 2.75) is 20.3 Å². The van der Waals surface area contributed by atoms with E-state index in [1.54, 1.807) is 0 Å². The van der Waals surface area contributed by atoms with E-state index in [0.29, 0.717) is 0 Å². The van der Waals surface area contributed by atoms with E-state index in [0.717, 1.165) is 6.42 Å². The van der Waals surface area contributed by atoms with Gasteiger partial charge >= 0.3 is 0 Å². The minimum atomic E-state index is 1.08. The summed E-state index contributed by atoms with van der Waals surface area (Å²) in [6.07, 6.45) is 7.62. The molecule has 0 aromatic heterocycles. The van der Waals surface area contributed by atoms with Crippen LogP contribution in [0.1, 0.15) is 41.7 Å². The second kappa shape index (κ2) is 7.63. The third-order valence-electron chi connectivity index (χ3n) is 5.36. The number of allylic oxidation sites excluding steroid dienone is 4. The molecule has 0 bridgehead atoms. The van der Waals surface area contributed by atoms with E-state index in [-0.39, 0.29) is 0 Å². The SMILES string of the molecule is CC1=C(C)c2cc(C(=CC=Cc3ccccc3)c3ccccc3)ccc2C1. The van der Waals surface area contributed by atoms with Gasteiger partial charge in [-0.1, -0.05) is 96.6 Å². The van der Waals surface area contributed by atoms with Gasteiger partial charge in [0.1, 0.15) is 0 Å². The van der Waals surface area contributed by atoms with Crippen LogP contribution < -0.4 is 0 Å². The Morgan fingerprint density at radius 2 is 1.48 bits per heavy atom. The van der Waals surface area contributed by atoms with Crippen LogP contribution in [0, 0.1) is 0 Å². The van der Waals surface area contributed by atoms with E-state index in [1.807, 2.05) is 6.07 Å². The van der Waals surface area contributed by atoms with Crippen molar-refractivity contribution in [2.75, 3.05) is 0 Å². The summed E-state index contributed by atoms with van der Waals surface area (Å²) < 4.78 is 0. The highest BCUT2D eigenvalue weighted by Crippen LogP contribution is 2.35. The number of hydrogen-bond donors (Lipinski definition) is 0. The molecule has 0 fully saturated rings. The van der Waals surface area contributed by atoms with Crippen LogP contribution in [0.5, 0.6) is 0 Å². The van der Waals surface area contributed by atoms with E-state index in [2.05, 4.69) is 105 Å². The summed E-state index contributed by atoms with van der Waals surface area (Å²) in [5, 5.41) is 0. The van der Waals surface area contributed by atoms with Gasteiger partial charge in [0.25, 0.3) is 0 Å². The van der Waals surface area contributed by atoms with Crippen molar-refractivity contribution in [3.63, 3.8) is 0 Å². The summed E-state index contributed by atoms with van der Waals surface area (Å²) in [5.41, 5.74) is 10.7. The Balaban J connectivity index is 1.76. The lowest BCUT2D eigenvalue weighted by molar-refractivity contribution is 1.19. The molecule has 0 N–H and O–H groups in total. The topological polar surface area (TPSA) is 0 Å². The van der Waals surface area contributed by atoms with Crippen molar-refractivity contribution >= 4 is 17.2 Å². The molecule has 0 nitrogen and oxygen atoms in total. The Hall–Kier alpha value is -3.12. The average Bonchev–Trinajstić information content (AvgIpc) is 3.00. The van der Waals surface area contributed by atoms with Crippen LogP contribution in [0.2, 0.25) is 0 Å². The van der Waals surface area contributed by atoms with Gasteiger partial charge in [-0.25, -0.2) is 0 Å². The second-order valence-corrected chi connectivity index (χ2v) is 7.17. The number of hydrogen-bond acceptors (Lipinski definition) is 0. The van der Waals surface area contributed by atoms with Gasteiger partial charge in [-0.2, -0.15) is 0 Å². The molecule has 1 aliphatic carbocycles. The van der Waals surface area contributed by atoms with Crippen LogP contribution >= 0.6 is 0 Å². The summed E-state index contributed by atoms with van der Waals surface area (Å²) in [4.78, 5) is 0. The summed E-state index contributed by atoms with van der Waals surface area (Å²) in [5.74, 6) is 0. The molecule has 0 atom stereocenters. The average molecular weight is 348 g/mol. The Morgan fingerprint density at radius 1 is 0.778 bits per heavy atom. The number of rotatable bonds is 4. The quantitative estimate of drug-likeness (QED) is 0.438. The molecule has 0 heterocycles. The smallest absolute Gasteiger partial charge is 0.00579 e. The van der Waals surface area contributed by atoms with Gasteiger partial charge in [0.2, 0.25) is 0 Å². The van der Waals surface area contributed by atoms with E-state index in [4.69, 9.17) is 0 Å². The molecule has 0 saturated heterocycles.